The van der Waals surface area contributed by atoms with Crippen LogP contribution in [0, 0.1) is 16.7 Å². The van der Waals surface area contributed by atoms with Gasteiger partial charge in [-0.2, -0.15) is 5.26 Å². The van der Waals surface area contributed by atoms with Crippen molar-refractivity contribution in [3.63, 3.8) is 0 Å². The molecule has 0 spiro atoms. The van der Waals surface area contributed by atoms with E-state index in [1.54, 1.807) is 0 Å². The lowest BCUT2D eigenvalue weighted by atomic mass is 10.3. The Hall–Kier alpha value is -1.93. The van der Waals surface area contributed by atoms with E-state index in [9.17, 15) is 0 Å². The molecule has 5 nitrogen and oxygen atoms in total. The molecule has 0 saturated heterocycles. The Labute approximate surface area is 91.9 Å². The summed E-state index contributed by atoms with van der Waals surface area (Å²) >= 11 is 5.76. The minimum atomic E-state index is 0.231. The number of rotatable bonds is 4. The fourth-order valence-corrected chi connectivity index (χ4v) is 1.00. The van der Waals surface area contributed by atoms with Crippen LogP contribution in [0.3, 0.4) is 0 Å². The number of nitriles is 1. The van der Waals surface area contributed by atoms with Crippen molar-refractivity contribution >= 4 is 17.8 Å². The Morgan fingerprint density at radius 1 is 1.60 bits per heavy atom. The van der Waals surface area contributed by atoms with Gasteiger partial charge >= 0.3 is 0 Å². The zero-order valence-corrected chi connectivity index (χ0v) is 8.49. The Morgan fingerprint density at radius 2 is 2.33 bits per heavy atom. The lowest BCUT2D eigenvalue weighted by molar-refractivity contribution is 0.825. The topological polar surface area (TPSA) is 85.5 Å². The molecule has 0 amide bonds. The van der Waals surface area contributed by atoms with Crippen molar-refractivity contribution in [2.45, 2.75) is 6.54 Å². The van der Waals surface area contributed by atoms with E-state index in [2.05, 4.69) is 15.3 Å². The molecule has 1 aromatic rings. The Bertz CT molecular complexity index is 421. The molecule has 0 bridgehead atoms. The molecule has 0 atom stereocenters. The Kier molecular flexibility index (Phi) is 4.26. The van der Waals surface area contributed by atoms with Crippen molar-refractivity contribution in [3.05, 3.63) is 35.0 Å². The van der Waals surface area contributed by atoms with Crippen LogP contribution < -0.4 is 5.32 Å². The van der Waals surface area contributed by atoms with Gasteiger partial charge in [0, 0.05) is 24.8 Å². The van der Waals surface area contributed by atoms with Gasteiger partial charge in [-0.3, -0.25) is 4.98 Å². The molecule has 6 heteroatoms. The van der Waals surface area contributed by atoms with Gasteiger partial charge in [0.05, 0.1) is 17.8 Å². The van der Waals surface area contributed by atoms with Gasteiger partial charge in [-0.1, -0.05) is 11.6 Å². The highest BCUT2D eigenvalue weighted by atomic mass is 35.5. The third-order valence-corrected chi connectivity index (χ3v) is 1.85. The maximum atomic E-state index is 8.51. The Balaban J connectivity index is 2.59. The molecule has 0 aromatic carbocycles. The van der Waals surface area contributed by atoms with Crippen LogP contribution in [0.4, 0.5) is 0 Å². The van der Waals surface area contributed by atoms with Crippen LogP contribution in [-0.2, 0) is 6.54 Å². The number of allylic oxidation sites excluding steroid dienone is 1. The molecule has 1 rings (SSSR count). The third-order valence-electron chi connectivity index (χ3n) is 1.53. The van der Waals surface area contributed by atoms with E-state index < -0.39 is 0 Å². The van der Waals surface area contributed by atoms with Crippen LogP contribution in [0.5, 0.6) is 0 Å². The average molecular weight is 222 g/mol. The number of nitrogens with zero attached hydrogens (tertiary/aromatic N) is 3. The van der Waals surface area contributed by atoms with E-state index in [1.165, 1.54) is 18.6 Å². The molecule has 0 radical (unpaired) electrons. The molecule has 0 saturated carbocycles. The summed E-state index contributed by atoms with van der Waals surface area (Å²) in [5, 5.41) is 18.5. The first kappa shape index (κ1) is 11.1. The molecule has 0 unspecified atom stereocenters. The van der Waals surface area contributed by atoms with Crippen molar-refractivity contribution in [1.29, 1.82) is 10.7 Å². The van der Waals surface area contributed by atoms with Gasteiger partial charge in [-0.15, -0.1) is 0 Å². The van der Waals surface area contributed by atoms with E-state index in [0.717, 1.165) is 6.21 Å². The second-order valence-electron chi connectivity index (χ2n) is 2.53. The molecule has 0 aliphatic carbocycles. The van der Waals surface area contributed by atoms with Crippen LogP contribution in [0.1, 0.15) is 5.69 Å². The van der Waals surface area contributed by atoms with E-state index in [-0.39, 0.29) is 5.57 Å². The predicted molar refractivity (Wildman–Crippen MR) is 56.4 cm³/mol. The summed E-state index contributed by atoms with van der Waals surface area (Å²) in [6.45, 7) is 0.367. The van der Waals surface area contributed by atoms with Crippen LogP contribution in [-0.4, -0.2) is 16.2 Å². The van der Waals surface area contributed by atoms with Gasteiger partial charge in [-0.05, 0) is 0 Å². The fourth-order valence-electron chi connectivity index (χ4n) is 0.832. The zero-order chi connectivity index (χ0) is 11.1. The zero-order valence-electron chi connectivity index (χ0n) is 7.74. The molecule has 2 N–H and O–H groups in total. The summed E-state index contributed by atoms with van der Waals surface area (Å²) < 4.78 is 0. The summed E-state index contributed by atoms with van der Waals surface area (Å²) in [5.74, 6) is 0. The highest BCUT2D eigenvalue weighted by Crippen LogP contribution is 2.07. The molecule has 0 aliphatic heterocycles. The summed E-state index contributed by atoms with van der Waals surface area (Å²) in [6.07, 6.45) is 5.43. The third kappa shape index (κ3) is 3.37. The summed E-state index contributed by atoms with van der Waals surface area (Å²) in [5.41, 5.74) is 0.827. The monoisotopic (exact) mass is 221 g/mol. The normalized spacial score (nSPS) is 10.5. The number of aromatic nitrogens is 2. The van der Waals surface area contributed by atoms with E-state index in [0.29, 0.717) is 17.4 Å². The standard InChI is InChI=1S/C9H8ClN5/c10-9-8(14-1-2-15-9)6-13-5-7(3-11)4-12/h1-3,5,11,13H,6H2/b7-5+,11-3?. The fraction of sp³-hybridized carbons (Fsp3) is 0.111. The first-order valence-electron chi connectivity index (χ1n) is 4.07. The van der Waals surface area contributed by atoms with Crippen molar-refractivity contribution in [1.82, 2.24) is 15.3 Å². The van der Waals surface area contributed by atoms with Crippen LogP contribution in [0.25, 0.3) is 0 Å². The van der Waals surface area contributed by atoms with Gasteiger partial charge in [0.15, 0.2) is 5.15 Å². The Morgan fingerprint density at radius 3 is 2.93 bits per heavy atom. The number of nitrogens with one attached hydrogen (secondary N) is 2. The maximum Gasteiger partial charge on any atom is 0.152 e. The first-order chi connectivity index (χ1) is 7.27. The lowest BCUT2D eigenvalue weighted by Gasteiger charge is -2.01. The number of halogens is 1. The van der Waals surface area contributed by atoms with Crippen molar-refractivity contribution in [2.75, 3.05) is 0 Å². The summed E-state index contributed by atoms with van der Waals surface area (Å²) in [4.78, 5) is 7.85. The summed E-state index contributed by atoms with van der Waals surface area (Å²) in [6, 6.07) is 1.84. The molecule has 0 aliphatic rings. The second-order valence-corrected chi connectivity index (χ2v) is 2.89. The quantitative estimate of drug-likeness (QED) is 0.592. The molecule has 76 valence electrons. The molecular formula is C9H8ClN5. The average Bonchev–Trinajstić information content (AvgIpc) is 2.27. The maximum absolute atomic E-state index is 8.51. The highest BCUT2D eigenvalue weighted by Gasteiger charge is 1.99. The van der Waals surface area contributed by atoms with Gasteiger partial charge in [-0.25, -0.2) is 4.98 Å². The SMILES string of the molecule is N#C/C(C=N)=C/NCc1nccnc1Cl. The molecule has 1 aromatic heterocycles. The number of hydrogen-bond acceptors (Lipinski definition) is 5. The first-order valence-corrected chi connectivity index (χ1v) is 4.45. The molecule has 15 heavy (non-hydrogen) atoms. The van der Waals surface area contributed by atoms with Crippen molar-refractivity contribution in [2.24, 2.45) is 0 Å². The van der Waals surface area contributed by atoms with Gasteiger partial charge < -0.3 is 10.7 Å². The summed E-state index contributed by atoms with van der Waals surface area (Å²) in [7, 11) is 0. The van der Waals surface area contributed by atoms with Crippen LogP contribution in [0.2, 0.25) is 5.15 Å². The molecular weight excluding hydrogens is 214 g/mol. The smallest absolute Gasteiger partial charge is 0.152 e. The molecule has 0 fully saturated rings. The van der Waals surface area contributed by atoms with E-state index in [4.69, 9.17) is 22.3 Å². The predicted octanol–water partition coefficient (Wildman–Crippen LogP) is 1.28. The van der Waals surface area contributed by atoms with Crippen molar-refractivity contribution < 1.29 is 0 Å². The van der Waals surface area contributed by atoms with Gasteiger partial charge in [0.25, 0.3) is 0 Å². The van der Waals surface area contributed by atoms with Crippen molar-refractivity contribution in [3.8, 4) is 6.07 Å². The van der Waals surface area contributed by atoms with E-state index >= 15 is 0 Å². The van der Waals surface area contributed by atoms with Crippen LogP contribution >= 0.6 is 11.6 Å². The van der Waals surface area contributed by atoms with E-state index in [1.807, 2.05) is 6.07 Å². The minimum absolute atomic E-state index is 0.231. The highest BCUT2D eigenvalue weighted by molar-refractivity contribution is 6.29. The minimum Gasteiger partial charge on any atom is -0.384 e. The van der Waals surface area contributed by atoms with Gasteiger partial charge in [0.2, 0.25) is 0 Å². The number of hydrogen-bond donors (Lipinski definition) is 2. The molecule has 1 heterocycles. The second kappa shape index (κ2) is 5.73. The van der Waals surface area contributed by atoms with Gasteiger partial charge in [0.1, 0.15) is 6.07 Å². The lowest BCUT2D eigenvalue weighted by Crippen LogP contribution is -2.08. The largest absolute Gasteiger partial charge is 0.384 e. The van der Waals surface area contributed by atoms with Crippen LogP contribution in [0.15, 0.2) is 24.2 Å².